The minimum atomic E-state index is -3.78. The van der Waals surface area contributed by atoms with Crippen LogP contribution >= 0.6 is 23.2 Å². The number of nitrogens with one attached hydrogen (secondary N) is 2. The number of sulfonamides is 1. The minimum Gasteiger partial charge on any atom is -0.322 e. The van der Waals surface area contributed by atoms with Crippen LogP contribution in [-0.4, -0.2) is 26.7 Å². The molecule has 148 valence electrons. The number of hydrogen-bond donors (Lipinski definition) is 2. The number of halogens is 2. The summed E-state index contributed by atoms with van der Waals surface area (Å²) in [5.41, 5.74) is 0.662. The first-order valence-electron chi connectivity index (χ1n) is 8.78. The SMILES string of the molecule is O=C(Nc1cccc(S(=O)(=O)NC2=NCCCCC2)c1)c1ccc(Cl)c(Cl)c1. The number of rotatable bonds is 4. The molecule has 0 radical (unpaired) electrons. The largest absolute Gasteiger partial charge is 0.322 e. The Morgan fingerprint density at radius 2 is 1.82 bits per heavy atom. The van der Waals surface area contributed by atoms with Crippen LogP contribution < -0.4 is 10.0 Å². The van der Waals surface area contributed by atoms with Crippen molar-refractivity contribution in [1.82, 2.24) is 4.72 Å². The topological polar surface area (TPSA) is 87.6 Å². The molecule has 0 spiro atoms. The van der Waals surface area contributed by atoms with Crippen LogP contribution in [0.4, 0.5) is 5.69 Å². The minimum absolute atomic E-state index is 0.0476. The number of carbonyl (C=O) groups is 1. The van der Waals surface area contributed by atoms with Gasteiger partial charge in [0.05, 0.1) is 14.9 Å². The number of hydrogen-bond acceptors (Lipinski definition) is 4. The molecule has 0 aromatic heterocycles. The highest BCUT2D eigenvalue weighted by Crippen LogP contribution is 2.23. The Bertz CT molecular complexity index is 1020. The third kappa shape index (κ3) is 5.25. The number of amidine groups is 1. The molecule has 1 aliphatic heterocycles. The van der Waals surface area contributed by atoms with E-state index < -0.39 is 15.9 Å². The summed E-state index contributed by atoms with van der Waals surface area (Å²) in [5, 5.41) is 3.28. The molecular weight excluding hydrogens is 421 g/mol. The molecule has 2 aromatic carbocycles. The zero-order valence-electron chi connectivity index (χ0n) is 14.9. The van der Waals surface area contributed by atoms with E-state index in [0.29, 0.717) is 35.1 Å². The zero-order chi connectivity index (χ0) is 20.1. The molecule has 0 saturated heterocycles. The Labute approximate surface area is 174 Å². The first-order valence-corrected chi connectivity index (χ1v) is 11.0. The zero-order valence-corrected chi connectivity index (χ0v) is 17.2. The van der Waals surface area contributed by atoms with E-state index in [2.05, 4.69) is 15.0 Å². The Morgan fingerprint density at radius 1 is 1.00 bits per heavy atom. The van der Waals surface area contributed by atoms with Gasteiger partial charge in [-0.3, -0.25) is 14.5 Å². The second-order valence-corrected chi connectivity index (χ2v) is 8.85. The Morgan fingerprint density at radius 3 is 2.61 bits per heavy atom. The molecule has 9 heteroatoms. The highest BCUT2D eigenvalue weighted by Gasteiger charge is 2.18. The number of anilines is 1. The van der Waals surface area contributed by atoms with Gasteiger partial charge in [-0.15, -0.1) is 0 Å². The average Bonchev–Trinajstić information content (AvgIpc) is 2.92. The van der Waals surface area contributed by atoms with Crippen molar-refractivity contribution in [2.45, 2.75) is 30.6 Å². The maximum absolute atomic E-state index is 12.7. The molecule has 1 amide bonds. The van der Waals surface area contributed by atoms with Crippen molar-refractivity contribution in [1.29, 1.82) is 0 Å². The van der Waals surface area contributed by atoms with Crippen LogP contribution in [0.1, 0.15) is 36.0 Å². The molecule has 2 N–H and O–H groups in total. The molecule has 0 bridgehead atoms. The van der Waals surface area contributed by atoms with Crippen molar-refractivity contribution in [3.8, 4) is 0 Å². The van der Waals surface area contributed by atoms with Gasteiger partial charge in [-0.05, 0) is 49.2 Å². The van der Waals surface area contributed by atoms with Gasteiger partial charge in [0.2, 0.25) is 0 Å². The summed E-state index contributed by atoms with van der Waals surface area (Å²) in [6.45, 7) is 0.623. The summed E-state index contributed by atoms with van der Waals surface area (Å²) >= 11 is 11.8. The van der Waals surface area contributed by atoms with Crippen molar-refractivity contribution in [3.05, 3.63) is 58.1 Å². The van der Waals surface area contributed by atoms with E-state index in [-0.39, 0.29) is 9.92 Å². The molecule has 0 saturated carbocycles. The van der Waals surface area contributed by atoms with Gasteiger partial charge in [-0.1, -0.05) is 35.7 Å². The lowest BCUT2D eigenvalue weighted by atomic mass is 10.2. The summed E-state index contributed by atoms with van der Waals surface area (Å²) in [6, 6.07) is 10.5. The van der Waals surface area contributed by atoms with Crippen molar-refractivity contribution in [2.75, 3.05) is 11.9 Å². The van der Waals surface area contributed by atoms with Crippen LogP contribution in [0.5, 0.6) is 0 Å². The molecule has 6 nitrogen and oxygen atoms in total. The van der Waals surface area contributed by atoms with E-state index in [9.17, 15) is 13.2 Å². The number of aliphatic imine (C=N–C) groups is 1. The van der Waals surface area contributed by atoms with E-state index in [4.69, 9.17) is 23.2 Å². The predicted molar refractivity (Wildman–Crippen MR) is 112 cm³/mol. The fourth-order valence-electron chi connectivity index (χ4n) is 2.75. The predicted octanol–water partition coefficient (Wildman–Crippen LogP) is 4.50. The number of nitrogens with zero attached hydrogens (tertiary/aromatic N) is 1. The molecular formula is C19H19Cl2N3O3S. The van der Waals surface area contributed by atoms with E-state index in [1.807, 2.05) is 0 Å². The second-order valence-electron chi connectivity index (χ2n) is 6.36. The molecule has 1 heterocycles. The third-order valence-electron chi connectivity index (χ3n) is 4.21. The lowest BCUT2D eigenvalue weighted by molar-refractivity contribution is 0.102. The molecule has 28 heavy (non-hydrogen) atoms. The van der Waals surface area contributed by atoms with Gasteiger partial charge in [0.25, 0.3) is 15.9 Å². The van der Waals surface area contributed by atoms with E-state index in [1.165, 1.54) is 30.3 Å². The maximum atomic E-state index is 12.7. The van der Waals surface area contributed by atoms with Gasteiger partial charge in [-0.25, -0.2) is 8.42 Å². The van der Waals surface area contributed by atoms with Gasteiger partial charge in [-0.2, -0.15) is 0 Å². The molecule has 0 aliphatic carbocycles. The fraction of sp³-hybridized carbons (Fsp3) is 0.263. The molecule has 1 aliphatic rings. The summed E-state index contributed by atoms with van der Waals surface area (Å²) in [7, 11) is -3.78. The summed E-state index contributed by atoms with van der Waals surface area (Å²) in [5.74, 6) is 0.0527. The lowest BCUT2D eigenvalue weighted by Crippen LogP contribution is -2.30. The molecule has 2 aromatic rings. The van der Waals surface area contributed by atoms with Crippen molar-refractivity contribution >= 4 is 50.7 Å². The van der Waals surface area contributed by atoms with Crippen molar-refractivity contribution in [3.63, 3.8) is 0 Å². The smallest absolute Gasteiger partial charge is 0.262 e. The van der Waals surface area contributed by atoms with Crippen molar-refractivity contribution < 1.29 is 13.2 Å². The van der Waals surface area contributed by atoms with Gasteiger partial charge in [0.15, 0.2) is 0 Å². The monoisotopic (exact) mass is 439 g/mol. The molecule has 0 atom stereocenters. The molecule has 3 rings (SSSR count). The number of benzene rings is 2. The third-order valence-corrected chi connectivity index (χ3v) is 6.33. The normalized spacial score (nSPS) is 14.7. The van der Waals surface area contributed by atoms with E-state index in [1.54, 1.807) is 12.1 Å². The van der Waals surface area contributed by atoms with E-state index in [0.717, 1.165) is 19.3 Å². The standard InChI is InChI=1S/C19H19Cl2N3O3S/c20-16-9-8-13(11-17(16)21)19(25)23-14-5-4-6-15(12-14)28(26,27)24-18-7-2-1-3-10-22-18/h4-6,8-9,11-12H,1-3,7,10H2,(H,22,24)(H,23,25). The average molecular weight is 440 g/mol. The Balaban J connectivity index is 1.76. The summed E-state index contributed by atoms with van der Waals surface area (Å²) in [6.07, 6.45) is 3.50. The first kappa shape index (κ1) is 20.6. The van der Waals surface area contributed by atoms with Gasteiger partial charge in [0, 0.05) is 24.2 Å². The first-order chi connectivity index (χ1) is 13.3. The highest BCUT2D eigenvalue weighted by atomic mass is 35.5. The van der Waals surface area contributed by atoms with Gasteiger partial charge in [0.1, 0.15) is 5.84 Å². The van der Waals surface area contributed by atoms with Gasteiger partial charge < -0.3 is 5.32 Å². The Hall–Kier alpha value is -2.09. The van der Waals surface area contributed by atoms with Crippen LogP contribution in [0.15, 0.2) is 52.4 Å². The number of carbonyl (C=O) groups excluding carboxylic acids is 1. The number of amides is 1. The maximum Gasteiger partial charge on any atom is 0.262 e. The van der Waals surface area contributed by atoms with Crippen LogP contribution in [0.2, 0.25) is 10.0 Å². The molecule has 0 fully saturated rings. The van der Waals surface area contributed by atoms with Crippen LogP contribution in [0, 0.1) is 0 Å². The van der Waals surface area contributed by atoms with Crippen molar-refractivity contribution in [2.24, 2.45) is 4.99 Å². The fourth-order valence-corrected chi connectivity index (χ4v) is 4.19. The second kappa shape index (κ2) is 8.94. The van der Waals surface area contributed by atoms with Crippen LogP contribution in [-0.2, 0) is 10.0 Å². The van der Waals surface area contributed by atoms with Crippen LogP contribution in [0.3, 0.4) is 0 Å². The van der Waals surface area contributed by atoms with E-state index >= 15 is 0 Å². The molecule has 0 unspecified atom stereocenters. The van der Waals surface area contributed by atoms with Gasteiger partial charge >= 0.3 is 0 Å². The summed E-state index contributed by atoms with van der Waals surface area (Å²) < 4.78 is 27.9. The quantitative estimate of drug-likeness (QED) is 0.734. The highest BCUT2D eigenvalue weighted by molar-refractivity contribution is 7.90. The summed E-state index contributed by atoms with van der Waals surface area (Å²) in [4.78, 5) is 16.7. The Kier molecular flexibility index (Phi) is 6.59. The lowest BCUT2D eigenvalue weighted by Gasteiger charge is -2.11. The van der Waals surface area contributed by atoms with Crippen LogP contribution in [0.25, 0.3) is 0 Å².